The van der Waals surface area contributed by atoms with Crippen molar-refractivity contribution in [3.05, 3.63) is 42.5 Å². The number of nitrogens with zero attached hydrogens (tertiary/aromatic N) is 4. The lowest BCUT2D eigenvalue weighted by atomic mass is 10.2. The van der Waals surface area contributed by atoms with E-state index in [2.05, 4.69) is 15.4 Å². The lowest BCUT2D eigenvalue weighted by Crippen LogP contribution is -2.13. The van der Waals surface area contributed by atoms with E-state index in [4.69, 9.17) is 9.47 Å². The maximum atomic E-state index is 5.35. The van der Waals surface area contributed by atoms with Gasteiger partial charge in [-0.05, 0) is 29.5 Å². The molecule has 0 aliphatic rings. The summed E-state index contributed by atoms with van der Waals surface area (Å²) in [5, 5.41) is 13.0. The fourth-order valence-electron chi connectivity index (χ4n) is 2.32. The Labute approximate surface area is 128 Å². The van der Waals surface area contributed by atoms with E-state index in [9.17, 15) is 0 Å². The molecule has 3 rings (SSSR count). The standard InChI is InChI=1S/C16H16N4O2/c1-20(11-8-9-14(21-2)15(10-11)22-3)16-12-6-4-5-7-13(12)17-19-18-16/h4-10H,1-3H3. The second-order valence-corrected chi connectivity index (χ2v) is 4.73. The molecule has 6 nitrogen and oxygen atoms in total. The number of rotatable bonds is 4. The molecular weight excluding hydrogens is 280 g/mol. The molecule has 0 saturated heterocycles. The second-order valence-electron chi connectivity index (χ2n) is 4.73. The fourth-order valence-corrected chi connectivity index (χ4v) is 2.32. The number of anilines is 2. The number of benzene rings is 2. The third-order valence-corrected chi connectivity index (χ3v) is 3.51. The average molecular weight is 296 g/mol. The van der Waals surface area contributed by atoms with Crippen LogP contribution in [0.1, 0.15) is 0 Å². The molecule has 22 heavy (non-hydrogen) atoms. The third kappa shape index (κ3) is 2.39. The van der Waals surface area contributed by atoms with Gasteiger partial charge in [-0.15, -0.1) is 10.2 Å². The molecule has 0 atom stereocenters. The first-order valence-corrected chi connectivity index (χ1v) is 6.78. The zero-order chi connectivity index (χ0) is 15.5. The second kappa shape index (κ2) is 5.85. The van der Waals surface area contributed by atoms with Gasteiger partial charge in [0.05, 0.1) is 19.7 Å². The summed E-state index contributed by atoms with van der Waals surface area (Å²) in [5.74, 6) is 2.08. The lowest BCUT2D eigenvalue weighted by molar-refractivity contribution is 0.355. The molecule has 0 unspecified atom stereocenters. The summed E-state index contributed by atoms with van der Waals surface area (Å²) in [6, 6.07) is 13.5. The molecule has 1 aromatic heterocycles. The first-order chi connectivity index (χ1) is 10.7. The normalized spacial score (nSPS) is 10.5. The highest BCUT2D eigenvalue weighted by Crippen LogP contribution is 2.34. The molecule has 0 radical (unpaired) electrons. The van der Waals surface area contributed by atoms with E-state index in [1.54, 1.807) is 14.2 Å². The molecule has 0 aliphatic heterocycles. The van der Waals surface area contributed by atoms with Crippen molar-refractivity contribution in [3.63, 3.8) is 0 Å². The topological polar surface area (TPSA) is 60.4 Å². The Hall–Kier alpha value is -2.89. The van der Waals surface area contributed by atoms with Gasteiger partial charge in [-0.1, -0.05) is 12.1 Å². The van der Waals surface area contributed by atoms with Crippen LogP contribution < -0.4 is 14.4 Å². The van der Waals surface area contributed by atoms with E-state index in [0.717, 1.165) is 22.4 Å². The monoisotopic (exact) mass is 296 g/mol. The summed E-state index contributed by atoms with van der Waals surface area (Å²) in [4.78, 5) is 1.94. The highest BCUT2D eigenvalue weighted by Gasteiger charge is 2.13. The molecule has 0 bridgehead atoms. The van der Waals surface area contributed by atoms with Gasteiger partial charge in [0, 0.05) is 24.2 Å². The van der Waals surface area contributed by atoms with Gasteiger partial charge in [0.1, 0.15) is 0 Å². The van der Waals surface area contributed by atoms with Gasteiger partial charge in [0.25, 0.3) is 0 Å². The Morgan fingerprint density at radius 3 is 2.45 bits per heavy atom. The molecular formula is C16H16N4O2. The van der Waals surface area contributed by atoms with Crippen LogP contribution in [-0.4, -0.2) is 36.7 Å². The molecule has 112 valence electrons. The van der Waals surface area contributed by atoms with E-state index in [0.29, 0.717) is 11.5 Å². The minimum Gasteiger partial charge on any atom is -0.493 e. The zero-order valence-corrected chi connectivity index (χ0v) is 12.6. The van der Waals surface area contributed by atoms with Crippen molar-refractivity contribution < 1.29 is 9.47 Å². The van der Waals surface area contributed by atoms with Crippen LogP contribution in [0.4, 0.5) is 11.5 Å². The molecule has 0 aliphatic carbocycles. The van der Waals surface area contributed by atoms with Gasteiger partial charge in [0.2, 0.25) is 0 Å². The van der Waals surface area contributed by atoms with Crippen molar-refractivity contribution in [1.82, 2.24) is 15.4 Å². The molecule has 6 heteroatoms. The van der Waals surface area contributed by atoms with E-state index in [1.807, 2.05) is 54.4 Å². The van der Waals surface area contributed by atoms with Crippen LogP contribution in [-0.2, 0) is 0 Å². The zero-order valence-electron chi connectivity index (χ0n) is 12.6. The molecule has 3 aromatic rings. The molecule has 2 aromatic carbocycles. The Morgan fingerprint density at radius 2 is 1.68 bits per heavy atom. The number of fused-ring (bicyclic) bond motifs is 1. The highest BCUT2D eigenvalue weighted by molar-refractivity contribution is 5.90. The smallest absolute Gasteiger partial charge is 0.166 e. The Kier molecular flexibility index (Phi) is 3.74. The summed E-state index contributed by atoms with van der Waals surface area (Å²) in [6.45, 7) is 0. The van der Waals surface area contributed by atoms with Crippen molar-refractivity contribution in [3.8, 4) is 11.5 Å². The molecule has 0 amide bonds. The van der Waals surface area contributed by atoms with Gasteiger partial charge < -0.3 is 14.4 Å². The first kappa shape index (κ1) is 14.1. The van der Waals surface area contributed by atoms with Crippen LogP contribution in [0, 0.1) is 0 Å². The van der Waals surface area contributed by atoms with Gasteiger partial charge in [-0.25, -0.2) is 0 Å². The third-order valence-electron chi connectivity index (χ3n) is 3.51. The SMILES string of the molecule is COc1ccc(N(C)c2nnnc3ccccc23)cc1OC. The van der Waals surface area contributed by atoms with Gasteiger partial charge >= 0.3 is 0 Å². The maximum Gasteiger partial charge on any atom is 0.166 e. The summed E-state index contributed by atoms with van der Waals surface area (Å²) >= 11 is 0. The van der Waals surface area contributed by atoms with E-state index in [-0.39, 0.29) is 0 Å². The Morgan fingerprint density at radius 1 is 0.909 bits per heavy atom. The molecule has 0 N–H and O–H groups in total. The number of methoxy groups -OCH3 is 2. The predicted molar refractivity (Wildman–Crippen MR) is 84.9 cm³/mol. The van der Waals surface area contributed by atoms with Crippen molar-refractivity contribution in [2.75, 3.05) is 26.2 Å². The van der Waals surface area contributed by atoms with E-state index < -0.39 is 0 Å². The van der Waals surface area contributed by atoms with Crippen molar-refractivity contribution >= 4 is 22.4 Å². The quantitative estimate of drug-likeness (QED) is 0.738. The van der Waals surface area contributed by atoms with Crippen LogP contribution in [0.25, 0.3) is 10.9 Å². The summed E-state index contributed by atoms with van der Waals surface area (Å²) in [7, 11) is 5.16. The first-order valence-electron chi connectivity index (χ1n) is 6.78. The maximum absolute atomic E-state index is 5.35. The fraction of sp³-hybridized carbons (Fsp3) is 0.188. The van der Waals surface area contributed by atoms with Gasteiger partial charge in [-0.2, -0.15) is 0 Å². The highest BCUT2D eigenvalue weighted by atomic mass is 16.5. The summed E-state index contributed by atoms with van der Waals surface area (Å²) < 4.78 is 10.6. The van der Waals surface area contributed by atoms with E-state index >= 15 is 0 Å². The Bertz CT molecular complexity index is 802. The number of ether oxygens (including phenoxy) is 2. The van der Waals surface area contributed by atoms with Gasteiger partial charge in [0.15, 0.2) is 17.3 Å². The van der Waals surface area contributed by atoms with Crippen LogP contribution >= 0.6 is 0 Å². The minimum atomic E-state index is 0.665. The number of hydrogen-bond acceptors (Lipinski definition) is 6. The summed E-state index contributed by atoms with van der Waals surface area (Å²) in [6.07, 6.45) is 0. The average Bonchev–Trinajstić information content (AvgIpc) is 2.60. The molecule has 0 spiro atoms. The summed E-state index contributed by atoms with van der Waals surface area (Å²) in [5.41, 5.74) is 1.73. The number of aromatic nitrogens is 3. The van der Waals surface area contributed by atoms with Crippen LogP contribution in [0.5, 0.6) is 11.5 Å². The van der Waals surface area contributed by atoms with Crippen LogP contribution in [0.3, 0.4) is 0 Å². The van der Waals surface area contributed by atoms with Crippen molar-refractivity contribution in [2.45, 2.75) is 0 Å². The van der Waals surface area contributed by atoms with Crippen LogP contribution in [0.15, 0.2) is 42.5 Å². The van der Waals surface area contributed by atoms with Crippen LogP contribution in [0.2, 0.25) is 0 Å². The van der Waals surface area contributed by atoms with Gasteiger partial charge in [-0.3, -0.25) is 0 Å². The lowest BCUT2D eigenvalue weighted by Gasteiger charge is -2.20. The van der Waals surface area contributed by atoms with E-state index in [1.165, 1.54) is 0 Å². The predicted octanol–water partition coefficient (Wildman–Crippen LogP) is 2.81. The van der Waals surface area contributed by atoms with Crippen molar-refractivity contribution in [2.24, 2.45) is 0 Å². The minimum absolute atomic E-state index is 0.665. The Balaban J connectivity index is 2.08. The number of hydrogen-bond donors (Lipinski definition) is 0. The largest absolute Gasteiger partial charge is 0.493 e. The molecule has 0 fully saturated rings. The molecule has 0 saturated carbocycles. The van der Waals surface area contributed by atoms with Crippen molar-refractivity contribution in [1.29, 1.82) is 0 Å². The molecule has 1 heterocycles.